The molecule has 35 heavy (non-hydrogen) atoms. The quantitative estimate of drug-likeness (QED) is 0.594. The van der Waals surface area contributed by atoms with Gasteiger partial charge in [0.1, 0.15) is 18.5 Å². The number of piperidine rings is 1. The van der Waals surface area contributed by atoms with Crippen molar-refractivity contribution < 1.29 is 19.0 Å². The molecule has 1 saturated heterocycles. The lowest BCUT2D eigenvalue weighted by atomic mass is 9.90. The van der Waals surface area contributed by atoms with Crippen LogP contribution in [0.4, 0.5) is 5.69 Å². The first-order chi connectivity index (χ1) is 17.1. The monoisotopic (exact) mass is 473 g/mol. The third kappa shape index (κ3) is 4.78. The maximum atomic E-state index is 11.6. The zero-order valence-electron chi connectivity index (χ0n) is 20.1. The lowest BCUT2D eigenvalue weighted by molar-refractivity contribution is -0.118. The Morgan fingerprint density at radius 3 is 2.80 bits per heavy atom. The fourth-order valence-electron chi connectivity index (χ4n) is 5.37. The van der Waals surface area contributed by atoms with E-state index in [1.54, 1.807) is 0 Å². The van der Waals surface area contributed by atoms with Crippen LogP contribution >= 0.6 is 0 Å². The van der Waals surface area contributed by atoms with Crippen molar-refractivity contribution in [3.05, 3.63) is 53.7 Å². The minimum atomic E-state index is -0.0854. The number of aromatic nitrogens is 1. The van der Waals surface area contributed by atoms with E-state index in [1.807, 2.05) is 31.2 Å². The van der Waals surface area contributed by atoms with Gasteiger partial charge in [0, 0.05) is 17.6 Å². The maximum Gasteiger partial charge on any atom is 0.262 e. The predicted molar refractivity (Wildman–Crippen MR) is 134 cm³/mol. The average Bonchev–Trinajstić information content (AvgIpc) is 2.87. The number of nitrogens with zero attached hydrogens (tertiary/aromatic N) is 2. The van der Waals surface area contributed by atoms with E-state index < -0.39 is 0 Å². The molecule has 1 fully saturated rings. The van der Waals surface area contributed by atoms with E-state index in [2.05, 4.69) is 33.4 Å². The van der Waals surface area contributed by atoms with E-state index in [1.165, 1.54) is 18.4 Å². The highest BCUT2D eigenvalue weighted by Gasteiger charge is 2.27. The van der Waals surface area contributed by atoms with Gasteiger partial charge in [-0.05, 0) is 93.6 Å². The van der Waals surface area contributed by atoms with Crippen molar-refractivity contribution in [2.75, 3.05) is 38.2 Å². The van der Waals surface area contributed by atoms with E-state index in [0.717, 1.165) is 77.9 Å². The molecular weight excluding hydrogens is 442 g/mol. The average molecular weight is 474 g/mol. The fourth-order valence-corrected chi connectivity index (χ4v) is 5.37. The largest absolute Gasteiger partial charge is 0.486 e. The van der Waals surface area contributed by atoms with Crippen LogP contribution in [-0.2, 0) is 11.2 Å². The van der Waals surface area contributed by atoms with Crippen LogP contribution in [0, 0.1) is 12.8 Å². The topological polar surface area (TPSA) is 72.9 Å². The minimum Gasteiger partial charge on any atom is -0.486 e. The third-order valence-corrected chi connectivity index (χ3v) is 7.32. The van der Waals surface area contributed by atoms with Crippen molar-refractivity contribution in [2.45, 2.75) is 38.7 Å². The SMILES string of the molecule is Cc1ccc2c3c(ccc2n1)OC[C@H](CN1CCC(CCc2ccc4c(c2)NC(=O)CO4)CC1)O3. The summed E-state index contributed by atoms with van der Waals surface area (Å²) in [6.45, 7) is 5.74. The summed E-state index contributed by atoms with van der Waals surface area (Å²) in [4.78, 5) is 18.7. The van der Waals surface area contributed by atoms with Gasteiger partial charge in [0.15, 0.2) is 18.1 Å². The van der Waals surface area contributed by atoms with Crippen LogP contribution in [0.15, 0.2) is 42.5 Å². The molecule has 7 nitrogen and oxygen atoms in total. The first kappa shape index (κ1) is 22.2. The predicted octanol–water partition coefficient (Wildman–Crippen LogP) is 4.36. The zero-order valence-corrected chi connectivity index (χ0v) is 20.1. The molecule has 6 rings (SSSR count). The second-order valence-corrected chi connectivity index (χ2v) is 9.91. The van der Waals surface area contributed by atoms with Crippen molar-refractivity contribution in [1.82, 2.24) is 9.88 Å². The summed E-state index contributed by atoms with van der Waals surface area (Å²) in [6, 6.07) is 14.2. The van der Waals surface area contributed by atoms with E-state index in [9.17, 15) is 4.79 Å². The number of amides is 1. The number of likely N-dealkylation sites (tertiary alicyclic amines) is 1. The second-order valence-electron chi connectivity index (χ2n) is 9.91. The summed E-state index contributed by atoms with van der Waals surface area (Å²) in [5.41, 5.74) is 3.99. The summed E-state index contributed by atoms with van der Waals surface area (Å²) < 4.78 is 17.9. The molecule has 1 amide bonds. The maximum absolute atomic E-state index is 11.6. The Hall–Kier alpha value is -3.32. The number of anilines is 1. The summed E-state index contributed by atoms with van der Waals surface area (Å²) in [6.07, 6.45) is 4.60. The van der Waals surface area contributed by atoms with Crippen molar-refractivity contribution in [3.63, 3.8) is 0 Å². The number of hydrogen-bond donors (Lipinski definition) is 1. The Labute approximate surface area is 205 Å². The first-order valence-corrected chi connectivity index (χ1v) is 12.6. The molecule has 7 heteroatoms. The van der Waals surface area contributed by atoms with Crippen LogP contribution in [0.25, 0.3) is 10.9 Å². The number of fused-ring (bicyclic) bond motifs is 4. The number of benzene rings is 2. The number of pyridine rings is 1. The minimum absolute atomic E-state index is 0.0267. The molecule has 3 aliphatic rings. The molecule has 1 atom stereocenters. The highest BCUT2D eigenvalue weighted by atomic mass is 16.6. The van der Waals surface area contributed by atoms with Gasteiger partial charge in [-0.15, -0.1) is 0 Å². The standard InChI is InChI=1S/C28H31N3O4/c1-18-2-6-22-23(29-18)7-9-26-28(22)35-21(16-33-26)15-31-12-10-19(11-13-31)3-4-20-5-8-25-24(14-20)30-27(32)17-34-25/h2,5-9,14,19,21H,3-4,10-13,15-17H2,1H3,(H,30,32)/t21-/m0/s1. The number of ether oxygens (including phenoxy) is 3. The van der Waals surface area contributed by atoms with E-state index in [0.29, 0.717) is 6.61 Å². The lowest BCUT2D eigenvalue weighted by Gasteiger charge is -2.36. The van der Waals surface area contributed by atoms with Crippen molar-refractivity contribution >= 4 is 22.5 Å². The third-order valence-electron chi connectivity index (χ3n) is 7.32. The van der Waals surface area contributed by atoms with Gasteiger partial charge in [-0.1, -0.05) is 6.07 Å². The van der Waals surface area contributed by atoms with Crippen molar-refractivity contribution in [1.29, 1.82) is 0 Å². The Morgan fingerprint density at radius 1 is 1.06 bits per heavy atom. The zero-order chi connectivity index (χ0) is 23.8. The van der Waals surface area contributed by atoms with Crippen LogP contribution in [0.3, 0.4) is 0 Å². The van der Waals surface area contributed by atoms with Gasteiger partial charge in [0.25, 0.3) is 5.91 Å². The highest BCUT2D eigenvalue weighted by molar-refractivity contribution is 5.95. The van der Waals surface area contributed by atoms with Crippen molar-refractivity contribution in [2.24, 2.45) is 5.92 Å². The van der Waals surface area contributed by atoms with Gasteiger partial charge in [0.05, 0.1) is 11.2 Å². The van der Waals surface area contributed by atoms with Gasteiger partial charge in [-0.3, -0.25) is 14.7 Å². The van der Waals surface area contributed by atoms with Gasteiger partial charge in [-0.25, -0.2) is 0 Å². The van der Waals surface area contributed by atoms with Gasteiger partial charge >= 0.3 is 0 Å². The Morgan fingerprint density at radius 2 is 1.91 bits per heavy atom. The molecule has 1 aromatic heterocycles. The molecule has 3 aliphatic heterocycles. The number of rotatable bonds is 5. The summed E-state index contributed by atoms with van der Waals surface area (Å²) in [5.74, 6) is 3.03. The van der Waals surface area contributed by atoms with E-state index in [-0.39, 0.29) is 18.6 Å². The molecule has 0 aliphatic carbocycles. The van der Waals surface area contributed by atoms with Gasteiger partial charge in [0.2, 0.25) is 0 Å². The van der Waals surface area contributed by atoms with Crippen molar-refractivity contribution in [3.8, 4) is 17.2 Å². The summed E-state index contributed by atoms with van der Waals surface area (Å²) >= 11 is 0. The second kappa shape index (κ2) is 9.38. The Kier molecular flexibility index (Phi) is 5.94. The lowest BCUT2D eigenvalue weighted by Crippen LogP contribution is -2.44. The fraction of sp³-hybridized carbons (Fsp3) is 0.429. The Balaban J connectivity index is 1.01. The molecule has 1 N–H and O–H groups in total. The van der Waals surface area contributed by atoms with Crippen LogP contribution in [-0.4, -0.2) is 54.7 Å². The van der Waals surface area contributed by atoms with Crippen LogP contribution in [0.2, 0.25) is 0 Å². The normalized spacial score (nSPS) is 20.3. The molecule has 0 spiro atoms. The molecule has 4 heterocycles. The van der Waals surface area contributed by atoms with Crippen LogP contribution in [0.1, 0.15) is 30.5 Å². The van der Waals surface area contributed by atoms with Crippen LogP contribution < -0.4 is 19.5 Å². The number of carbonyl (C=O) groups is 1. The van der Waals surface area contributed by atoms with Gasteiger partial charge in [-0.2, -0.15) is 0 Å². The van der Waals surface area contributed by atoms with E-state index in [4.69, 9.17) is 14.2 Å². The highest BCUT2D eigenvalue weighted by Crippen LogP contribution is 2.38. The molecule has 0 saturated carbocycles. The summed E-state index contributed by atoms with van der Waals surface area (Å²) in [5, 5.41) is 3.92. The molecular formula is C28H31N3O4. The number of aryl methyl sites for hydroxylation is 2. The van der Waals surface area contributed by atoms with Gasteiger partial charge < -0.3 is 19.5 Å². The molecule has 0 unspecified atom stereocenters. The Bertz CT molecular complexity index is 1250. The first-order valence-electron chi connectivity index (χ1n) is 12.6. The van der Waals surface area contributed by atoms with E-state index >= 15 is 0 Å². The molecule has 182 valence electrons. The number of hydrogen-bond acceptors (Lipinski definition) is 6. The molecule has 0 radical (unpaired) electrons. The molecule has 0 bridgehead atoms. The number of nitrogens with one attached hydrogen (secondary N) is 1. The smallest absolute Gasteiger partial charge is 0.262 e. The number of carbonyl (C=O) groups excluding carboxylic acids is 1. The van der Waals surface area contributed by atoms with Crippen LogP contribution in [0.5, 0.6) is 17.2 Å². The molecule has 3 aromatic rings. The summed E-state index contributed by atoms with van der Waals surface area (Å²) in [7, 11) is 0. The molecule has 2 aromatic carbocycles.